The van der Waals surface area contributed by atoms with Crippen LogP contribution in [0.3, 0.4) is 0 Å². The van der Waals surface area contributed by atoms with Crippen molar-refractivity contribution in [3.63, 3.8) is 0 Å². The number of rotatable bonds is 3. The van der Waals surface area contributed by atoms with Crippen LogP contribution in [0, 0.1) is 0 Å². The number of quaternary nitrogens is 1. The quantitative estimate of drug-likeness (QED) is 0.388. The highest BCUT2D eigenvalue weighted by atomic mass is 31.1. The van der Waals surface area contributed by atoms with Crippen LogP contribution in [0.1, 0.15) is 0 Å². The lowest BCUT2D eigenvalue weighted by Crippen LogP contribution is -2.78. The minimum Gasteiger partial charge on any atom is -0.507 e. The summed E-state index contributed by atoms with van der Waals surface area (Å²) in [5.74, 6) is 0.251. The molecule has 2 rings (SSSR count). The smallest absolute Gasteiger partial charge is 0.324 e. The molecule has 0 fully saturated rings. The second-order valence-electron chi connectivity index (χ2n) is 3.57. The Bertz CT molecular complexity index is 534. The van der Waals surface area contributed by atoms with Crippen molar-refractivity contribution in [3.05, 3.63) is 48.5 Å². The number of hydrogen-bond donors (Lipinski definition) is 4. The molecule has 0 aliphatic carbocycles. The summed E-state index contributed by atoms with van der Waals surface area (Å²) in [4.78, 5) is 6.99. The number of benzene rings is 2. The molecular weight excluding hydrogens is 265 g/mol. The fraction of sp³-hybridized carbons (Fsp3) is 0.0769. The van der Waals surface area contributed by atoms with E-state index in [1.54, 1.807) is 17.4 Å². The predicted molar refractivity (Wildman–Crippen MR) is 72.0 cm³/mol. The predicted octanol–water partition coefficient (Wildman–Crippen LogP) is 1.39. The summed E-state index contributed by atoms with van der Waals surface area (Å²) >= 11 is 0. The van der Waals surface area contributed by atoms with Crippen LogP contribution in [0.5, 0.6) is 5.75 Å². The zero-order valence-corrected chi connectivity index (χ0v) is 11.0. The van der Waals surface area contributed by atoms with Gasteiger partial charge in [0.1, 0.15) is 11.4 Å². The van der Waals surface area contributed by atoms with Crippen LogP contribution in [-0.4, -0.2) is 21.8 Å². The first-order valence-electron chi connectivity index (χ1n) is 5.52. The first-order chi connectivity index (χ1) is 9.24. The normalized spacial score (nSPS) is 9.79. The Morgan fingerprint density at radius 1 is 1.00 bits per heavy atom. The number of phenols is 1. The van der Waals surface area contributed by atoms with Gasteiger partial charge in [0.25, 0.3) is 0 Å². The first kappa shape index (κ1) is 15.3. The topological polar surface area (TPSA) is 94.4 Å². The van der Waals surface area contributed by atoms with Crippen molar-refractivity contribution in [2.75, 3.05) is 6.73 Å². The highest BCUT2D eigenvalue weighted by Crippen LogP contribution is 2.31. The third kappa shape index (κ3) is 4.43. The second-order valence-corrected chi connectivity index (χ2v) is 3.74. The first-order valence-corrected chi connectivity index (χ1v) is 6.29. The Morgan fingerprint density at radius 2 is 1.53 bits per heavy atom. The average Bonchev–Trinajstić information content (AvgIpc) is 2.42. The summed E-state index contributed by atoms with van der Waals surface area (Å²) in [6.07, 6.45) is 0. The Kier molecular flexibility index (Phi) is 6.71. The summed E-state index contributed by atoms with van der Waals surface area (Å²) in [5, 5.41) is 20.4. The van der Waals surface area contributed by atoms with Gasteiger partial charge in [0, 0.05) is 11.1 Å². The molecule has 2 aromatic carbocycles. The van der Waals surface area contributed by atoms with E-state index < -0.39 is 8.69 Å². The van der Waals surface area contributed by atoms with Crippen LogP contribution in [0.25, 0.3) is 11.1 Å². The molecule has 5 nitrogen and oxygen atoms in total. The van der Waals surface area contributed by atoms with Gasteiger partial charge < -0.3 is 15.1 Å². The minimum atomic E-state index is -0.833. The fourth-order valence-electron chi connectivity index (χ4n) is 1.72. The van der Waals surface area contributed by atoms with Crippen LogP contribution in [0.15, 0.2) is 48.5 Å². The van der Waals surface area contributed by atoms with Gasteiger partial charge in [-0.15, -0.1) is 0 Å². The molecule has 0 radical (unpaired) electrons. The van der Waals surface area contributed by atoms with Crippen molar-refractivity contribution in [1.82, 2.24) is 0 Å². The number of phenolic OH excluding ortho intramolecular Hbond substituents is 1. The van der Waals surface area contributed by atoms with Gasteiger partial charge >= 0.3 is 8.69 Å². The molecule has 0 amide bonds. The van der Waals surface area contributed by atoms with Crippen molar-refractivity contribution in [3.8, 4) is 16.9 Å². The van der Waals surface area contributed by atoms with Crippen molar-refractivity contribution in [2.24, 2.45) is 0 Å². The highest BCUT2D eigenvalue weighted by molar-refractivity contribution is 7.16. The van der Waals surface area contributed by atoms with Crippen molar-refractivity contribution in [2.45, 2.75) is 0 Å². The molecule has 0 aliphatic heterocycles. The van der Waals surface area contributed by atoms with Crippen molar-refractivity contribution < 1.29 is 25.0 Å². The van der Waals surface area contributed by atoms with E-state index in [4.69, 9.17) is 14.6 Å². The van der Waals surface area contributed by atoms with E-state index in [2.05, 4.69) is 0 Å². The third-order valence-electron chi connectivity index (χ3n) is 2.47. The maximum absolute atomic E-state index is 9.78. The van der Waals surface area contributed by atoms with Crippen LogP contribution in [0.4, 0.5) is 5.69 Å². The lowest BCUT2D eigenvalue weighted by molar-refractivity contribution is -0.606. The summed E-state index contributed by atoms with van der Waals surface area (Å²) in [7, 11) is -0.833. The molecule has 0 saturated heterocycles. The summed E-state index contributed by atoms with van der Waals surface area (Å²) in [6.45, 7) is -0.00932. The van der Waals surface area contributed by atoms with Crippen molar-refractivity contribution >= 4 is 14.4 Å². The highest BCUT2D eigenvalue weighted by Gasteiger charge is 2.10. The molecule has 5 N–H and O–H groups in total. The van der Waals surface area contributed by atoms with E-state index >= 15 is 0 Å². The van der Waals surface area contributed by atoms with Crippen LogP contribution in [0.2, 0.25) is 0 Å². The Hall–Kier alpha value is -1.78. The second kappa shape index (κ2) is 8.34. The minimum absolute atomic E-state index is 0.00932. The maximum atomic E-state index is 9.78. The SMILES string of the molecule is O=PO.OC[NH2+]c1ccccc1-c1ccccc1O. The molecule has 0 heterocycles. The van der Waals surface area contributed by atoms with E-state index in [1.807, 2.05) is 36.4 Å². The Labute approximate surface area is 112 Å². The molecular formula is C13H15NO4P+. The van der Waals surface area contributed by atoms with Crippen LogP contribution >= 0.6 is 8.69 Å². The molecule has 100 valence electrons. The molecule has 2 aromatic rings. The van der Waals surface area contributed by atoms with Gasteiger partial charge in [0.2, 0.25) is 0 Å². The average molecular weight is 280 g/mol. The van der Waals surface area contributed by atoms with Gasteiger partial charge in [-0.2, -0.15) is 0 Å². The van der Waals surface area contributed by atoms with Crippen LogP contribution < -0.4 is 5.32 Å². The molecule has 0 bridgehead atoms. The summed E-state index contributed by atoms with van der Waals surface area (Å²) in [6, 6.07) is 14.8. The monoisotopic (exact) mass is 280 g/mol. The summed E-state index contributed by atoms with van der Waals surface area (Å²) in [5.41, 5.74) is 2.63. The number of aliphatic hydroxyl groups excluding tert-OH is 1. The largest absolute Gasteiger partial charge is 0.507 e. The lowest BCUT2D eigenvalue weighted by Gasteiger charge is -2.07. The van der Waals surface area contributed by atoms with E-state index in [0.717, 1.165) is 16.8 Å². The maximum Gasteiger partial charge on any atom is 0.324 e. The standard InChI is InChI=1S/C13H13NO2.HO2P/c15-9-14-12-7-3-1-5-10(12)11-6-2-4-8-13(11)16;1-3-2/h1-8,14-16H,9H2;(H,1,2)/p+1. The molecule has 0 saturated carbocycles. The number of aromatic hydroxyl groups is 1. The van der Waals surface area contributed by atoms with Gasteiger partial charge in [-0.1, -0.05) is 30.3 Å². The van der Waals surface area contributed by atoms with E-state index in [0.29, 0.717) is 0 Å². The zero-order valence-electron chi connectivity index (χ0n) is 10.1. The van der Waals surface area contributed by atoms with E-state index in [1.165, 1.54) is 0 Å². The molecule has 0 atom stereocenters. The summed E-state index contributed by atoms with van der Waals surface area (Å²) < 4.78 is 8.46. The Morgan fingerprint density at radius 3 is 2.11 bits per heavy atom. The molecule has 0 unspecified atom stereocenters. The number of nitrogens with two attached hydrogens (primary N) is 1. The van der Waals surface area contributed by atoms with Gasteiger partial charge in [0.05, 0.1) is 0 Å². The van der Waals surface area contributed by atoms with Crippen LogP contribution in [-0.2, 0) is 4.57 Å². The number of aliphatic hydroxyl groups is 1. The van der Waals surface area contributed by atoms with Gasteiger partial charge in [-0.3, -0.25) is 5.32 Å². The zero-order chi connectivity index (χ0) is 14.1. The Balaban J connectivity index is 0.000000550. The third-order valence-corrected chi connectivity index (χ3v) is 2.47. The number of hydrogen-bond acceptors (Lipinski definition) is 3. The van der Waals surface area contributed by atoms with Gasteiger partial charge in [-0.25, -0.2) is 4.57 Å². The molecule has 0 spiro atoms. The molecule has 6 heteroatoms. The van der Waals surface area contributed by atoms with E-state index in [-0.39, 0.29) is 12.5 Å². The molecule has 19 heavy (non-hydrogen) atoms. The molecule has 0 aromatic heterocycles. The van der Waals surface area contributed by atoms with Crippen molar-refractivity contribution in [1.29, 1.82) is 0 Å². The fourth-order valence-corrected chi connectivity index (χ4v) is 1.72. The van der Waals surface area contributed by atoms with Gasteiger partial charge in [0.15, 0.2) is 6.73 Å². The van der Waals surface area contributed by atoms with E-state index in [9.17, 15) is 5.11 Å². The number of para-hydroxylation sites is 2. The van der Waals surface area contributed by atoms with Gasteiger partial charge in [-0.05, 0) is 18.2 Å². The molecule has 0 aliphatic rings. The lowest BCUT2D eigenvalue weighted by atomic mass is 10.0.